The van der Waals surface area contributed by atoms with E-state index < -0.39 is 15.8 Å². The molecule has 104 valence electrons. The fraction of sp³-hybridized carbons (Fsp3) is 0.182. The molecule has 0 aliphatic carbocycles. The molecule has 0 unspecified atom stereocenters. The van der Waals surface area contributed by atoms with Gasteiger partial charge in [0.15, 0.2) is 0 Å². The number of anilines is 1. The molecule has 0 atom stereocenters. The molecule has 2 N–H and O–H groups in total. The van der Waals surface area contributed by atoms with E-state index in [0.717, 1.165) is 6.07 Å². The fourth-order valence-corrected chi connectivity index (χ4v) is 2.12. The zero-order valence-electron chi connectivity index (χ0n) is 10.6. The topological polar surface area (TPSA) is 136 Å². The van der Waals surface area contributed by atoms with E-state index in [1.54, 1.807) is 12.1 Å². The summed E-state index contributed by atoms with van der Waals surface area (Å²) in [4.78, 5) is -0.301. The summed E-state index contributed by atoms with van der Waals surface area (Å²) in [5, 5.41) is 20.6. The van der Waals surface area contributed by atoms with Crippen molar-refractivity contribution in [1.29, 1.82) is 10.5 Å². The Morgan fingerprint density at radius 3 is 2.45 bits per heavy atom. The number of nitrogens with one attached hydrogen (secondary N) is 1. The standard InChI is InChI=1S/C11H10N4O4S/c1-7-3-9(15-14-8(5-12)6-13)10(19-2)4-11(7)20(16,17)18/h3-4,15H,1-2H3,(H,16,17,18). The second-order valence-corrected chi connectivity index (χ2v) is 4.98. The maximum atomic E-state index is 11.2. The lowest BCUT2D eigenvalue weighted by Gasteiger charge is -2.11. The Balaban J connectivity index is 3.32. The summed E-state index contributed by atoms with van der Waals surface area (Å²) in [6.45, 7) is 1.47. The SMILES string of the molecule is COc1cc(S(=O)(=O)O)c(C)cc1NN=C(C#N)C#N. The second-order valence-electron chi connectivity index (χ2n) is 3.59. The van der Waals surface area contributed by atoms with Gasteiger partial charge in [-0.2, -0.15) is 24.0 Å². The summed E-state index contributed by atoms with van der Waals surface area (Å²) in [5.41, 5.74) is 2.53. The van der Waals surface area contributed by atoms with Crippen LogP contribution in [0.3, 0.4) is 0 Å². The molecule has 0 saturated carbocycles. The van der Waals surface area contributed by atoms with E-state index in [-0.39, 0.29) is 21.9 Å². The maximum absolute atomic E-state index is 11.2. The molecule has 0 radical (unpaired) electrons. The number of hydrazone groups is 1. The van der Waals surface area contributed by atoms with Crippen LogP contribution in [0.5, 0.6) is 5.75 Å². The minimum Gasteiger partial charge on any atom is -0.494 e. The number of aryl methyl sites for hydroxylation is 1. The van der Waals surface area contributed by atoms with Gasteiger partial charge in [0.2, 0.25) is 5.71 Å². The molecule has 1 rings (SSSR count). The Labute approximate surface area is 115 Å². The van der Waals surface area contributed by atoms with E-state index in [4.69, 9.17) is 19.8 Å². The molecule has 0 saturated heterocycles. The molecule has 9 heteroatoms. The highest BCUT2D eigenvalue weighted by molar-refractivity contribution is 7.85. The number of nitrogens with zero attached hydrogens (tertiary/aromatic N) is 3. The zero-order valence-corrected chi connectivity index (χ0v) is 11.4. The number of methoxy groups -OCH3 is 1. The summed E-state index contributed by atoms with van der Waals surface area (Å²) in [6.07, 6.45) is 0. The predicted molar refractivity (Wildman–Crippen MR) is 69.8 cm³/mol. The molecule has 20 heavy (non-hydrogen) atoms. The Bertz CT molecular complexity index is 725. The van der Waals surface area contributed by atoms with E-state index in [9.17, 15) is 8.42 Å². The first-order valence-electron chi connectivity index (χ1n) is 5.13. The Hall–Kier alpha value is -2.62. The van der Waals surface area contributed by atoms with Crippen LogP contribution in [0.2, 0.25) is 0 Å². The van der Waals surface area contributed by atoms with Crippen molar-refractivity contribution in [2.24, 2.45) is 5.10 Å². The summed E-state index contributed by atoms with van der Waals surface area (Å²) in [6, 6.07) is 5.59. The van der Waals surface area contributed by atoms with Gasteiger partial charge in [0.05, 0.1) is 12.8 Å². The van der Waals surface area contributed by atoms with Crippen molar-refractivity contribution < 1.29 is 17.7 Å². The van der Waals surface area contributed by atoms with Gasteiger partial charge >= 0.3 is 0 Å². The van der Waals surface area contributed by atoms with Gasteiger partial charge in [-0.1, -0.05) is 0 Å². The first-order valence-corrected chi connectivity index (χ1v) is 6.57. The van der Waals surface area contributed by atoms with E-state index in [0.29, 0.717) is 0 Å². The van der Waals surface area contributed by atoms with Gasteiger partial charge in [-0.25, -0.2) is 0 Å². The second kappa shape index (κ2) is 6.02. The van der Waals surface area contributed by atoms with Crippen molar-refractivity contribution in [1.82, 2.24) is 0 Å². The van der Waals surface area contributed by atoms with Crippen LogP contribution in [-0.2, 0) is 10.1 Å². The highest BCUT2D eigenvalue weighted by atomic mass is 32.2. The molecule has 0 amide bonds. The fourth-order valence-electron chi connectivity index (χ4n) is 1.39. The minimum absolute atomic E-state index is 0.0854. The molecule has 0 spiro atoms. The number of ether oxygens (including phenoxy) is 1. The van der Waals surface area contributed by atoms with Crippen molar-refractivity contribution in [2.75, 3.05) is 12.5 Å². The highest BCUT2D eigenvalue weighted by Crippen LogP contribution is 2.30. The van der Waals surface area contributed by atoms with Gasteiger partial charge in [-0.15, -0.1) is 0 Å². The van der Waals surface area contributed by atoms with E-state index in [1.807, 2.05) is 0 Å². The van der Waals surface area contributed by atoms with Gasteiger partial charge in [0, 0.05) is 6.07 Å². The minimum atomic E-state index is -4.37. The summed E-state index contributed by atoms with van der Waals surface area (Å²) < 4.78 is 36.3. The van der Waals surface area contributed by atoms with Crippen LogP contribution in [0, 0.1) is 29.6 Å². The molecule has 0 bridgehead atoms. The van der Waals surface area contributed by atoms with Crippen molar-refractivity contribution in [2.45, 2.75) is 11.8 Å². The normalized spacial score (nSPS) is 10.1. The molecule has 8 nitrogen and oxygen atoms in total. The van der Waals surface area contributed by atoms with Gasteiger partial charge in [0.25, 0.3) is 10.1 Å². The van der Waals surface area contributed by atoms with Crippen LogP contribution >= 0.6 is 0 Å². The molecule has 0 heterocycles. The average molecular weight is 294 g/mol. The van der Waals surface area contributed by atoms with Crippen molar-refractivity contribution in [3.63, 3.8) is 0 Å². The summed E-state index contributed by atoms with van der Waals surface area (Å²) >= 11 is 0. The van der Waals surface area contributed by atoms with E-state index in [2.05, 4.69) is 10.5 Å². The number of nitriles is 2. The predicted octanol–water partition coefficient (Wildman–Crippen LogP) is 1.07. The van der Waals surface area contributed by atoms with Crippen LogP contribution < -0.4 is 10.2 Å². The Kier molecular flexibility index (Phi) is 4.64. The third-order valence-corrected chi connectivity index (χ3v) is 3.27. The van der Waals surface area contributed by atoms with Crippen LogP contribution in [0.15, 0.2) is 22.1 Å². The Morgan fingerprint density at radius 2 is 2.00 bits per heavy atom. The first kappa shape index (κ1) is 15.4. The average Bonchev–Trinajstić information content (AvgIpc) is 2.38. The van der Waals surface area contributed by atoms with Gasteiger partial charge in [-0.3, -0.25) is 9.98 Å². The summed E-state index contributed by atoms with van der Waals surface area (Å²) in [5.74, 6) is 0.0854. The molecular weight excluding hydrogens is 284 g/mol. The van der Waals surface area contributed by atoms with E-state index in [1.165, 1.54) is 20.1 Å². The molecule has 1 aromatic rings. The number of hydrogen-bond acceptors (Lipinski definition) is 7. The number of hydrogen-bond donors (Lipinski definition) is 2. The van der Waals surface area contributed by atoms with E-state index >= 15 is 0 Å². The van der Waals surface area contributed by atoms with Crippen LogP contribution in [0.25, 0.3) is 0 Å². The largest absolute Gasteiger partial charge is 0.494 e. The van der Waals surface area contributed by atoms with Gasteiger partial charge in [0.1, 0.15) is 22.8 Å². The van der Waals surface area contributed by atoms with Crippen molar-refractivity contribution >= 4 is 21.5 Å². The van der Waals surface area contributed by atoms with Crippen molar-refractivity contribution in [3.05, 3.63) is 17.7 Å². The smallest absolute Gasteiger partial charge is 0.294 e. The molecule has 1 aromatic carbocycles. The lowest BCUT2D eigenvalue weighted by atomic mass is 10.2. The molecule has 0 aliphatic rings. The van der Waals surface area contributed by atoms with Crippen LogP contribution in [0.1, 0.15) is 5.56 Å². The molecule has 0 aliphatic heterocycles. The van der Waals surface area contributed by atoms with Crippen LogP contribution in [0.4, 0.5) is 5.69 Å². The van der Waals surface area contributed by atoms with Crippen molar-refractivity contribution in [3.8, 4) is 17.9 Å². The highest BCUT2D eigenvalue weighted by Gasteiger charge is 2.17. The summed E-state index contributed by atoms with van der Waals surface area (Å²) in [7, 11) is -3.08. The lowest BCUT2D eigenvalue weighted by Crippen LogP contribution is -2.04. The zero-order chi connectivity index (χ0) is 15.3. The lowest BCUT2D eigenvalue weighted by molar-refractivity contribution is 0.414. The maximum Gasteiger partial charge on any atom is 0.294 e. The quantitative estimate of drug-likeness (QED) is 0.481. The monoisotopic (exact) mass is 294 g/mol. The van der Waals surface area contributed by atoms with Gasteiger partial charge in [-0.05, 0) is 18.6 Å². The molecule has 0 aromatic heterocycles. The molecular formula is C11H10N4O4S. The Morgan fingerprint density at radius 1 is 1.40 bits per heavy atom. The molecule has 0 fully saturated rings. The van der Waals surface area contributed by atoms with Gasteiger partial charge < -0.3 is 4.74 Å². The van der Waals surface area contributed by atoms with Crippen LogP contribution in [-0.4, -0.2) is 25.8 Å². The third kappa shape index (κ3) is 3.45. The third-order valence-electron chi connectivity index (χ3n) is 2.27. The number of benzene rings is 1. The first-order chi connectivity index (χ1) is 9.33. The number of rotatable bonds is 4.